The van der Waals surface area contributed by atoms with E-state index in [9.17, 15) is 14.7 Å². The summed E-state index contributed by atoms with van der Waals surface area (Å²) in [4.78, 5) is 28.6. The number of aromatic amines is 1. The van der Waals surface area contributed by atoms with Crippen molar-refractivity contribution in [1.29, 1.82) is 0 Å². The molecule has 2 amide bonds. The van der Waals surface area contributed by atoms with Crippen molar-refractivity contribution >= 4 is 23.4 Å². The number of amides is 2. The average molecular weight is 523 g/mol. The zero-order valence-corrected chi connectivity index (χ0v) is 21.7. The van der Waals surface area contributed by atoms with Gasteiger partial charge >= 0.3 is 0 Å². The Kier molecular flexibility index (Phi) is 6.76. The molecule has 1 aliphatic carbocycles. The Labute approximate surface area is 220 Å². The SMILES string of the molecule is CC1(C)CN(C(=O)[C@H]2CCC[C@H]2NC(=O)c2cccc(-c3nn[nH]n3)c2)CCC1(O)c1ccc(Cl)cc1. The summed E-state index contributed by atoms with van der Waals surface area (Å²) in [6, 6.07) is 14.1. The molecule has 0 spiro atoms. The molecule has 1 aliphatic heterocycles. The van der Waals surface area contributed by atoms with Gasteiger partial charge in [0.2, 0.25) is 11.7 Å². The minimum absolute atomic E-state index is 0.0366. The van der Waals surface area contributed by atoms with Crippen molar-refractivity contribution in [2.75, 3.05) is 13.1 Å². The molecular formula is C27H31ClN6O3. The maximum Gasteiger partial charge on any atom is 0.251 e. The first-order chi connectivity index (χ1) is 17.7. The van der Waals surface area contributed by atoms with E-state index in [1.165, 1.54) is 0 Å². The number of H-pyrrole nitrogens is 1. The van der Waals surface area contributed by atoms with Crippen molar-refractivity contribution in [3.63, 3.8) is 0 Å². The molecular weight excluding hydrogens is 492 g/mol. The van der Waals surface area contributed by atoms with Crippen LogP contribution in [0.15, 0.2) is 48.5 Å². The number of aliphatic hydroxyl groups is 1. The summed E-state index contributed by atoms with van der Waals surface area (Å²) in [5.74, 6) is -0.0718. The lowest BCUT2D eigenvalue weighted by molar-refractivity contribution is -0.156. The van der Waals surface area contributed by atoms with Crippen LogP contribution in [0, 0.1) is 11.3 Å². The van der Waals surface area contributed by atoms with Gasteiger partial charge in [-0.25, -0.2) is 0 Å². The zero-order valence-electron chi connectivity index (χ0n) is 20.9. The molecule has 1 saturated carbocycles. The molecule has 1 aromatic heterocycles. The molecule has 2 aliphatic rings. The van der Waals surface area contributed by atoms with Crippen molar-refractivity contribution < 1.29 is 14.7 Å². The van der Waals surface area contributed by atoms with Gasteiger partial charge in [0.25, 0.3) is 5.91 Å². The van der Waals surface area contributed by atoms with Gasteiger partial charge in [0, 0.05) is 40.7 Å². The number of carbonyl (C=O) groups excluding carboxylic acids is 2. The van der Waals surface area contributed by atoms with Crippen LogP contribution >= 0.6 is 11.6 Å². The van der Waals surface area contributed by atoms with E-state index in [1.807, 2.05) is 36.9 Å². The molecule has 2 heterocycles. The third-order valence-corrected chi connectivity index (χ3v) is 8.21. The van der Waals surface area contributed by atoms with Crippen molar-refractivity contribution in [1.82, 2.24) is 30.8 Å². The van der Waals surface area contributed by atoms with Gasteiger partial charge in [-0.05, 0) is 54.3 Å². The fraction of sp³-hybridized carbons (Fsp3) is 0.444. The molecule has 5 rings (SSSR count). The Morgan fingerprint density at radius 1 is 1.16 bits per heavy atom. The average Bonchev–Trinajstić information content (AvgIpc) is 3.58. The van der Waals surface area contributed by atoms with Crippen LogP contribution in [0.25, 0.3) is 11.4 Å². The van der Waals surface area contributed by atoms with Crippen LogP contribution in [0.5, 0.6) is 0 Å². The first-order valence-corrected chi connectivity index (χ1v) is 13.0. The highest BCUT2D eigenvalue weighted by molar-refractivity contribution is 6.30. The fourth-order valence-corrected chi connectivity index (χ4v) is 5.90. The summed E-state index contributed by atoms with van der Waals surface area (Å²) < 4.78 is 0. The summed E-state index contributed by atoms with van der Waals surface area (Å²) in [5.41, 5.74) is 0.336. The number of tetrazole rings is 1. The number of hydrogen-bond acceptors (Lipinski definition) is 6. The van der Waals surface area contributed by atoms with Gasteiger partial charge in [0.1, 0.15) is 0 Å². The Hall–Kier alpha value is -3.30. The number of piperidine rings is 1. The highest BCUT2D eigenvalue weighted by atomic mass is 35.5. The van der Waals surface area contributed by atoms with Gasteiger partial charge in [-0.1, -0.05) is 56.1 Å². The lowest BCUT2D eigenvalue weighted by Crippen LogP contribution is -2.58. The number of nitrogens with zero attached hydrogens (tertiary/aromatic N) is 4. The second-order valence-corrected chi connectivity index (χ2v) is 11.1. The van der Waals surface area contributed by atoms with Gasteiger partial charge in [0.05, 0.1) is 11.5 Å². The molecule has 0 bridgehead atoms. The highest BCUT2D eigenvalue weighted by Gasteiger charge is 2.50. The molecule has 0 radical (unpaired) electrons. The standard InChI is InChI=1S/C27H31ClN6O3/c1-26(2)16-34(14-13-27(26,37)19-9-11-20(28)12-10-19)25(36)21-7-4-8-22(21)29-24(35)18-6-3-5-17(15-18)23-30-32-33-31-23/h3,5-6,9-12,15,21-22,37H,4,7-8,13-14,16H2,1-2H3,(H,29,35)(H,30,31,32,33)/t21-,22+,27?/m0/s1. The van der Waals surface area contributed by atoms with Crippen molar-refractivity contribution in [2.45, 2.75) is 51.2 Å². The number of aromatic nitrogens is 4. The molecule has 9 nitrogen and oxygen atoms in total. The molecule has 3 N–H and O–H groups in total. The maximum absolute atomic E-state index is 13.7. The van der Waals surface area contributed by atoms with Crippen LogP contribution < -0.4 is 5.32 Å². The third kappa shape index (κ3) is 4.85. The normalized spacial score (nSPS) is 25.1. The van der Waals surface area contributed by atoms with E-state index < -0.39 is 11.0 Å². The predicted octanol–water partition coefficient (Wildman–Crippen LogP) is 3.56. The van der Waals surface area contributed by atoms with Crippen LogP contribution in [-0.2, 0) is 10.4 Å². The molecule has 1 saturated heterocycles. The molecule has 10 heteroatoms. The first kappa shape index (κ1) is 25.4. The summed E-state index contributed by atoms with van der Waals surface area (Å²) in [5, 5.41) is 29.3. The van der Waals surface area contributed by atoms with Crippen LogP contribution in [-0.4, -0.2) is 61.6 Å². The van der Waals surface area contributed by atoms with Gasteiger partial charge in [-0.3, -0.25) is 9.59 Å². The molecule has 2 aromatic carbocycles. The number of likely N-dealkylation sites (tertiary alicyclic amines) is 1. The lowest BCUT2D eigenvalue weighted by atomic mass is 9.66. The molecule has 194 valence electrons. The first-order valence-electron chi connectivity index (χ1n) is 12.6. The smallest absolute Gasteiger partial charge is 0.251 e. The number of hydrogen-bond donors (Lipinski definition) is 3. The largest absolute Gasteiger partial charge is 0.384 e. The van der Waals surface area contributed by atoms with Crippen molar-refractivity contribution in [3.05, 3.63) is 64.7 Å². The van der Waals surface area contributed by atoms with E-state index in [-0.39, 0.29) is 23.8 Å². The number of nitrogens with one attached hydrogen (secondary N) is 2. The minimum Gasteiger partial charge on any atom is -0.384 e. The van der Waals surface area contributed by atoms with E-state index in [4.69, 9.17) is 11.6 Å². The number of benzene rings is 2. The van der Waals surface area contributed by atoms with Crippen LogP contribution in [0.2, 0.25) is 5.02 Å². The summed E-state index contributed by atoms with van der Waals surface area (Å²) in [7, 11) is 0. The monoisotopic (exact) mass is 522 g/mol. The molecule has 3 aromatic rings. The van der Waals surface area contributed by atoms with E-state index in [1.54, 1.807) is 30.3 Å². The molecule has 2 fully saturated rings. The third-order valence-electron chi connectivity index (χ3n) is 7.96. The van der Waals surface area contributed by atoms with Gasteiger partial charge in [-0.15, -0.1) is 10.2 Å². The second-order valence-electron chi connectivity index (χ2n) is 10.7. The Balaban J connectivity index is 1.27. The Bertz CT molecular complexity index is 1280. The van der Waals surface area contributed by atoms with Gasteiger partial charge in [0.15, 0.2) is 0 Å². The Morgan fingerprint density at radius 3 is 2.65 bits per heavy atom. The predicted molar refractivity (Wildman–Crippen MR) is 139 cm³/mol. The molecule has 1 unspecified atom stereocenters. The number of halogens is 1. The van der Waals surface area contributed by atoms with Crippen LogP contribution in [0.1, 0.15) is 55.5 Å². The van der Waals surface area contributed by atoms with E-state index in [2.05, 4.69) is 25.9 Å². The minimum atomic E-state index is -1.07. The van der Waals surface area contributed by atoms with Crippen molar-refractivity contribution in [3.8, 4) is 11.4 Å². The van der Waals surface area contributed by atoms with E-state index in [0.29, 0.717) is 41.5 Å². The van der Waals surface area contributed by atoms with Gasteiger partial charge in [-0.2, -0.15) is 5.21 Å². The Morgan fingerprint density at radius 2 is 1.95 bits per heavy atom. The second kappa shape index (κ2) is 9.87. The number of carbonyl (C=O) groups is 2. The fourth-order valence-electron chi connectivity index (χ4n) is 5.77. The summed E-state index contributed by atoms with van der Waals surface area (Å²) in [6.45, 7) is 4.86. The summed E-state index contributed by atoms with van der Waals surface area (Å²) >= 11 is 6.05. The van der Waals surface area contributed by atoms with Crippen LogP contribution in [0.3, 0.4) is 0 Å². The lowest BCUT2D eigenvalue weighted by Gasteiger charge is -2.51. The molecule has 3 atom stereocenters. The van der Waals surface area contributed by atoms with E-state index in [0.717, 1.165) is 24.8 Å². The summed E-state index contributed by atoms with van der Waals surface area (Å²) in [6.07, 6.45) is 2.78. The van der Waals surface area contributed by atoms with Crippen molar-refractivity contribution in [2.24, 2.45) is 11.3 Å². The number of rotatable bonds is 5. The topological polar surface area (TPSA) is 124 Å². The van der Waals surface area contributed by atoms with Crippen LogP contribution in [0.4, 0.5) is 0 Å². The highest BCUT2D eigenvalue weighted by Crippen LogP contribution is 2.46. The zero-order chi connectivity index (χ0) is 26.2. The maximum atomic E-state index is 13.7. The van der Waals surface area contributed by atoms with Gasteiger partial charge < -0.3 is 15.3 Å². The quantitative estimate of drug-likeness (QED) is 0.470. The molecule has 37 heavy (non-hydrogen) atoms. The van der Waals surface area contributed by atoms with E-state index >= 15 is 0 Å².